The molecule has 0 saturated heterocycles. The zero-order valence-corrected chi connectivity index (χ0v) is 13.4. The lowest BCUT2D eigenvalue weighted by atomic mass is 9.86. The number of alkyl halides is 3. The van der Waals surface area contributed by atoms with E-state index in [2.05, 4.69) is 0 Å². The Morgan fingerprint density at radius 1 is 1.31 bits per heavy atom. The van der Waals surface area contributed by atoms with Crippen molar-refractivity contribution in [1.82, 2.24) is 10.6 Å². The maximum Gasteiger partial charge on any atom is 0.425 e. The van der Waals surface area contributed by atoms with Gasteiger partial charge in [-0.05, 0) is 19.9 Å². The number of nitrogens with one attached hydrogen (secondary N) is 2. The van der Waals surface area contributed by atoms with Crippen LogP contribution in [-0.2, 0) is 9.59 Å². The van der Waals surface area contributed by atoms with E-state index >= 15 is 0 Å². The van der Waals surface area contributed by atoms with Crippen molar-refractivity contribution in [2.45, 2.75) is 25.6 Å². The molecule has 0 spiro atoms. The maximum atomic E-state index is 13.8. The van der Waals surface area contributed by atoms with Gasteiger partial charge in [0.1, 0.15) is 0 Å². The van der Waals surface area contributed by atoms with Crippen LogP contribution in [0.4, 0.5) is 18.9 Å². The molecular formula is C15H12F3N3O5. The topological polar surface area (TPSA) is 118 Å². The Morgan fingerprint density at radius 2 is 1.92 bits per heavy atom. The van der Waals surface area contributed by atoms with Crippen molar-refractivity contribution in [1.29, 1.82) is 0 Å². The van der Waals surface area contributed by atoms with Crippen molar-refractivity contribution in [3.63, 3.8) is 0 Å². The van der Waals surface area contributed by atoms with Gasteiger partial charge in [0.15, 0.2) is 5.78 Å². The summed E-state index contributed by atoms with van der Waals surface area (Å²) in [6.07, 6.45) is -5.33. The number of allylic oxidation sites excluding steroid dienone is 1. The lowest BCUT2D eigenvalue weighted by Gasteiger charge is -2.31. The summed E-state index contributed by atoms with van der Waals surface area (Å²) in [5, 5.41) is 14.2. The van der Waals surface area contributed by atoms with Crippen LogP contribution in [0.15, 0.2) is 35.5 Å². The van der Waals surface area contributed by atoms with Crippen LogP contribution in [0.3, 0.4) is 0 Å². The van der Waals surface area contributed by atoms with E-state index in [4.69, 9.17) is 0 Å². The first-order valence-electron chi connectivity index (χ1n) is 7.09. The monoisotopic (exact) mass is 371 g/mol. The molecule has 1 aliphatic heterocycles. The number of Topliss-reactive ketones (excluding diaryl/α,β-unsaturated/α-hetero) is 1. The molecule has 0 unspecified atom stereocenters. The maximum absolute atomic E-state index is 13.8. The van der Waals surface area contributed by atoms with Gasteiger partial charge in [-0.2, -0.15) is 13.2 Å². The molecule has 2 amide bonds. The smallest absolute Gasteiger partial charge is 0.327 e. The van der Waals surface area contributed by atoms with Crippen LogP contribution in [0, 0.1) is 10.1 Å². The quantitative estimate of drug-likeness (QED) is 0.616. The molecule has 8 nitrogen and oxygen atoms in total. The van der Waals surface area contributed by atoms with Crippen molar-refractivity contribution in [2.24, 2.45) is 0 Å². The first-order chi connectivity index (χ1) is 11.9. The summed E-state index contributed by atoms with van der Waals surface area (Å²) < 4.78 is 41.3. The molecular weight excluding hydrogens is 359 g/mol. The molecule has 0 fully saturated rings. The number of nitro groups is 1. The van der Waals surface area contributed by atoms with Crippen LogP contribution in [0.1, 0.15) is 24.2 Å². The number of ketones is 1. The Hall–Kier alpha value is -3.24. The fraction of sp³-hybridized carbons (Fsp3) is 0.267. The molecule has 1 aliphatic rings. The highest BCUT2D eigenvalue weighted by Crippen LogP contribution is 2.41. The molecule has 11 heteroatoms. The van der Waals surface area contributed by atoms with Gasteiger partial charge in [0.2, 0.25) is 5.54 Å². The van der Waals surface area contributed by atoms with E-state index < -0.39 is 51.1 Å². The lowest BCUT2D eigenvalue weighted by molar-refractivity contribution is -0.384. The summed E-state index contributed by atoms with van der Waals surface area (Å²) in [6, 6.07) is 3.96. The van der Waals surface area contributed by atoms with E-state index in [1.165, 1.54) is 0 Å². The van der Waals surface area contributed by atoms with Crippen LogP contribution >= 0.6 is 0 Å². The van der Waals surface area contributed by atoms with Gasteiger partial charge in [-0.25, -0.2) is 0 Å². The van der Waals surface area contributed by atoms with E-state index in [1.807, 2.05) is 5.32 Å². The molecule has 0 aromatic heterocycles. The van der Waals surface area contributed by atoms with Gasteiger partial charge in [0.05, 0.1) is 10.5 Å². The molecule has 0 radical (unpaired) electrons. The zero-order valence-electron chi connectivity index (χ0n) is 13.4. The normalized spacial score (nSPS) is 20.0. The first-order valence-corrected chi connectivity index (χ1v) is 7.09. The van der Waals surface area contributed by atoms with Gasteiger partial charge < -0.3 is 10.6 Å². The molecule has 1 aromatic carbocycles. The fourth-order valence-electron chi connectivity index (χ4n) is 2.71. The number of nitrogens with zero attached hydrogens (tertiary/aromatic N) is 1. The van der Waals surface area contributed by atoms with Crippen LogP contribution in [0.2, 0.25) is 0 Å². The van der Waals surface area contributed by atoms with E-state index in [-0.39, 0.29) is 5.70 Å². The van der Waals surface area contributed by atoms with Gasteiger partial charge in [-0.1, -0.05) is 6.07 Å². The highest BCUT2D eigenvalue weighted by Gasteiger charge is 2.68. The van der Waals surface area contributed by atoms with E-state index in [0.717, 1.165) is 38.1 Å². The molecule has 2 rings (SSSR count). The second kappa shape index (κ2) is 6.24. The number of amides is 2. The Kier molecular flexibility index (Phi) is 4.58. The van der Waals surface area contributed by atoms with E-state index in [1.54, 1.807) is 5.32 Å². The number of rotatable bonds is 4. The minimum atomic E-state index is -5.33. The second-order valence-corrected chi connectivity index (χ2v) is 5.52. The molecule has 0 aliphatic carbocycles. The Morgan fingerprint density at radius 3 is 2.42 bits per heavy atom. The number of nitro benzene ring substituents is 1. The summed E-state index contributed by atoms with van der Waals surface area (Å²) in [6.45, 7) is 1.93. The van der Waals surface area contributed by atoms with Crippen LogP contribution in [0.5, 0.6) is 0 Å². The molecule has 1 aromatic rings. The summed E-state index contributed by atoms with van der Waals surface area (Å²) in [7, 11) is 0. The standard InChI is InChI=1S/C15H12F3N3O5/c1-7-11(8(2)22)14(13(24)19-7,15(16,17)18)20-12(23)9-4-3-5-10(6-9)21(25)26/h3-6H,1-2H3,(H,19,24)(H,20,23)/t14-/m1/s1. The van der Waals surface area contributed by atoms with Crippen molar-refractivity contribution >= 4 is 23.3 Å². The van der Waals surface area contributed by atoms with Crippen molar-refractivity contribution in [2.75, 3.05) is 0 Å². The number of benzene rings is 1. The Labute approximate surface area is 144 Å². The highest BCUT2D eigenvalue weighted by molar-refractivity contribution is 6.13. The predicted molar refractivity (Wildman–Crippen MR) is 80.9 cm³/mol. The molecule has 0 bridgehead atoms. The largest absolute Gasteiger partial charge is 0.425 e. The molecule has 138 valence electrons. The molecule has 1 heterocycles. The third-order valence-electron chi connectivity index (χ3n) is 3.79. The second-order valence-electron chi connectivity index (χ2n) is 5.52. The summed E-state index contributed by atoms with van der Waals surface area (Å²) in [5.41, 5.74) is -5.84. The van der Waals surface area contributed by atoms with Crippen LogP contribution in [0.25, 0.3) is 0 Å². The molecule has 2 N–H and O–H groups in total. The SMILES string of the molecule is CC(=O)C1=C(C)NC(=O)[C@@]1(NC(=O)c1cccc([N+](=O)[O-])c1)C(F)(F)F. The third-order valence-corrected chi connectivity index (χ3v) is 3.79. The Balaban J connectivity index is 2.56. The number of halogens is 3. The predicted octanol–water partition coefficient (Wildman–Crippen LogP) is 1.62. The Bertz CT molecular complexity index is 862. The van der Waals surface area contributed by atoms with Gasteiger partial charge in [0, 0.05) is 23.4 Å². The number of hydrogen-bond acceptors (Lipinski definition) is 5. The molecule has 1 atom stereocenters. The zero-order chi connectivity index (χ0) is 19.9. The van der Waals surface area contributed by atoms with E-state index in [0.29, 0.717) is 0 Å². The van der Waals surface area contributed by atoms with Crippen LogP contribution < -0.4 is 10.6 Å². The minimum absolute atomic E-state index is 0.334. The highest BCUT2D eigenvalue weighted by atomic mass is 19.4. The average Bonchev–Trinajstić information content (AvgIpc) is 2.78. The summed E-state index contributed by atoms with van der Waals surface area (Å²) in [4.78, 5) is 46.0. The van der Waals surface area contributed by atoms with Gasteiger partial charge in [-0.3, -0.25) is 24.5 Å². The summed E-state index contributed by atoms with van der Waals surface area (Å²) in [5.74, 6) is -4.08. The first kappa shape index (κ1) is 19.1. The van der Waals surface area contributed by atoms with Gasteiger partial charge >= 0.3 is 6.18 Å². The van der Waals surface area contributed by atoms with Gasteiger partial charge in [-0.15, -0.1) is 0 Å². The minimum Gasteiger partial charge on any atom is -0.327 e. The van der Waals surface area contributed by atoms with Gasteiger partial charge in [0.25, 0.3) is 17.5 Å². The third kappa shape index (κ3) is 2.91. The van der Waals surface area contributed by atoms with Crippen molar-refractivity contribution < 1.29 is 32.5 Å². The number of non-ortho nitro benzene ring substituents is 1. The van der Waals surface area contributed by atoms with Crippen molar-refractivity contribution in [3.8, 4) is 0 Å². The van der Waals surface area contributed by atoms with Crippen LogP contribution in [-0.4, -0.2) is 34.2 Å². The van der Waals surface area contributed by atoms with Crippen molar-refractivity contribution in [3.05, 3.63) is 51.2 Å². The average molecular weight is 371 g/mol. The number of carbonyl (C=O) groups excluding carboxylic acids is 3. The number of hydrogen-bond donors (Lipinski definition) is 2. The fourth-order valence-corrected chi connectivity index (χ4v) is 2.71. The lowest BCUT2D eigenvalue weighted by Crippen LogP contribution is -2.65. The number of carbonyl (C=O) groups is 3. The molecule has 26 heavy (non-hydrogen) atoms. The molecule has 0 saturated carbocycles. The summed E-state index contributed by atoms with van der Waals surface area (Å²) >= 11 is 0. The van der Waals surface area contributed by atoms with E-state index in [9.17, 15) is 37.7 Å².